The van der Waals surface area contributed by atoms with E-state index in [1.54, 1.807) is 23.7 Å². The lowest BCUT2D eigenvalue weighted by Crippen LogP contribution is -2.73. The van der Waals surface area contributed by atoms with Gasteiger partial charge in [0, 0.05) is 54.3 Å². The SMILES string of the molecule is CC(Nc1cc(=O)n(C)c2ccc([NH2+]O)cc12)c1ncc(C2=CCOCC2)cn1. The molecular formula is C21H24N5O3+. The number of aryl methyl sites for hydroxylation is 1. The van der Waals surface area contributed by atoms with Gasteiger partial charge in [-0.25, -0.2) is 15.2 Å². The number of nitrogens with zero attached hydrogens (tertiary/aromatic N) is 3. The normalized spacial score (nSPS) is 15.2. The van der Waals surface area contributed by atoms with Crippen molar-refractivity contribution in [3.05, 3.63) is 64.5 Å². The molecule has 1 aromatic carbocycles. The maximum atomic E-state index is 12.4. The lowest BCUT2D eigenvalue weighted by atomic mass is 10.1. The van der Waals surface area contributed by atoms with Crippen LogP contribution in [0.25, 0.3) is 16.5 Å². The van der Waals surface area contributed by atoms with Gasteiger partial charge in [0.25, 0.3) is 5.56 Å². The standard InChI is InChI=1S/C21H23N5O3/c1-13(21-22-11-15(12-23-21)14-5-7-29-8-6-14)24-18-10-20(27)26(2)19-4-3-16(25-28)9-17(18)19/h3-5,9-13,24-25,28H,6-8H2,1-2H3/p+1. The molecule has 3 aromatic rings. The second-order valence-corrected chi connectivity index (χ2v) is 7.11. The first-order valence-electron chi connectivity index (χ1n) is 9.53. The molecule has 4 N–H and O–H groups in total. The zero-order valence-electron chi connectivity index (χ0n) is 16.4. The van der Waals surface area contributed by atoms with Crippen molar-refractivity contribution in [2.24, 2.45) is 7.05 Å². The summed E-state index contributed by atoms with van der Waals surface area (Å²) in [6.45, 7) is 3.29. The van der Waals surface area contributed by atoms with Crippen LogP contribution in [0.2, 0.25) is 0 Å². The predicted molar refractivity (Wildman–Crippen MR) is 110 cm³/mol. The van der Waals surface area contributed by atoms with Gasteiger partial charge in [-0.3, -0.25) is 4.79 Å². The Morgan fingerprint density at radius 3 is 2.76 bits per heavy atom. The number of ether oxygens (including phenoxy) is 1. The van der Waals surface area contributed by atoms with Crippen LogP contribution in [-0.4, -0.2) is 33.0 Å². The van der Waals surface area contributed by atoms with Crippen molar-refractivity contribution in [2.45, 2.75) is 19.4 Å². The van der Waals surface area contributed by atoms with Gasteiger partial charge < -0.3 is 14.6 Å². The number of anilines is 1. The molecule has 8 heteroatoms. The first kappa shape index (κ1) is 19.3. The molecule has 0 saturated carbocycles. The van der Waals surface area contributed by atoms with Crippen molar-refractivity contribution >= 4 is 27.9 Å². The van der Waals surface area contributed by atoms with Gasteiger partial charge in [-0.15, -0.1) is 0 Å². The Labute approximate surface area is 167 Å². The molecule has 1 atom stereocenters. The van der Waals surface area contributed by atoms with Crippen LogP contribution >= 0.6 is 0 Å². The van der Waals surface area contributed by atoms with E-state index >= 15 is 0 Å². The van der Waals surface area contributed by atoms with Crippen molar-refractivity contribution < 1.29 is 15.4 Å². The van der Waals surface area contributed by atoms with E-state index in [1.807, 2.05) is 31.5 Å². The Hall–Kier alpha value is -3.07. The summed E-state index contributed by atoms with van der Waals surface area (Å²) in [6.07, 6.45) is 6.59. The van der Waals surface area contributed by atoms with E-state index in [1.165, 1.54) is 5.57 Å². The molecule has 150 valence electrons. The number of quaternary nitrogens is 1. The highest BCUT2D eigenvalue weighted by atomic mass is 16.5. The summed E-state index contributed by atoms with van der Waals surface area (Å²) < 4.78 is 6.93. The van der Waals surface area contributed by atoms with Crippen molar-refractivity contribution in [1.82, 2.24) is 14.5 Å². The van der Waals surface area contributed by atoms with Crippen LogP contribution < -0.4 is 16.4 Å². The van der Waals surface area contributed by atoms with Crippen LogP contribution in [0.5, 0.6) is 0 Å². The molecule has 8 nitrogen and oxygen atoms in total. The highest BCUT2D eigenvalue weighted by molar-refractivity contribution is 5.93. The molecule has 1 aliphatic heterocycles. The number of nitrogens with two attached hydrogens (primary N) is 1. The summed E-state index contributed by atoms with van der Waals surface area (Å²) in [5.41, 5.74) is 5.26. The molecule has 29 heavy (non-hydrogen) atoms. The first-order chi connectivity index (χ1) is 14.1. The molecule has 0 saturated heterocycles. The van der Waals surface area contributed by atoms with Gasteiger partial charge in [0.05, 0.1) is 24.8 Å². The Balaban J connectivity index is 1.63. The quantitative estimate of drug-likeness (QED) is 0.451. The third kappa shape index (κ3) is 3.91. The fourth-order valence-corrected chi connectivity index (χ4v) is 3.49. The third-order valence-electron chi connectivity index (χ3n) is 5.18. The number of aromatic nitrogens is 3. The lowest BCUT2D eigenvalue weighted by Gasteiger charge is -2.18. The lowest BCUT2D eigenvalue weighted by molar-refractivity contribution is -0.825. The minimum atomic E-state index is -0.204. The van der Waals surface area contributed by atoms with Crippen molar-refractivity contribution in [1.29, 1.82) is 0 Å². The van der Waals surface area contributed by atoms with E-state index in [-0.39, 0.29) is 11.6 Å². The zero-order chi connectivity index (χ0) is 20.4. The molecule has 3 heterocycles. The monoisotopic (exact) mass is 394 g/mol. The average Bonchev–Trinajstić information content (AvgIpc) is 2.77. The Bertz CT molecular complexity index is 1120. The van der Waals surface area contributed by atoms with Gasteiger partial charge in [-0.2, -0.15) is 5.48 Å². The van der Waals surface area contributed by atoms with Gasteiger partial charge in [-0.1, -0.05) is 6.08 Å². The summed E-state index contributed by atoms with van der Waals surface area (Å²) in [5, 5.41) is 13.5. The molecule has 0 amide bonds. The van der Waals surface area contributed by atoms with Crippen LogP contribution in [0.3, 0.4) is 0 Å². The number of fused-ring (bicyclic) bond motifs is 1. The molecule has 1 unspecified atom stereocenters. The largest absolute Gasteiger partial charge is 0.377 e. The number of nitrogens with one attached hydrogen (secondary N) is 1. The number of hydrogen-bond donors (Lipinski definition) is 3. The van der Waals surface area contributed by atoms with Crippen molar-refractivity contribution in [2.75, 3.05) is 18.5 Å². The second-order valence-electron chi connectivity index (χ2n) is 7.11. The molecule has 0 spiro atoms. The van der Waals surface area contributed by atoms with Gasteiger partial charge in [-0.05, 0) is 25.0 Å². The molecule has 1 aliphatic rings. The highest BCUT2D eigenvalue weighted by Crippen LogP contribution is 2.27. The molecule has 2 aromatic heterocycles. The smallest absolute Gasteiger partial charge is 0.252 e. The highest BCUT2D eigenvalue weighted by Gasteiger charge is 2.15. The summed E-state index contributed by atoms with van der Waals surface area (Å²) in [7, 11) is 1.73. The van der Waals surface area contributed by atoms with E-state index < -0.39 is 0 Å². The Kier molecular flexibility index (Phi) is 5.39. The number of benzene rings is 1. The van der Waals surface area contributed by atoms with E-state index in [4.69, 9.17) is 4.74 Å². The maximum absolute atomic E-state index is 12.4. The summed E-state index contributed by atoms with van der Waals surface area (Å²) in [5.74, 6) is 0.639. The van der Waals surface area contributed by atoms with Crippen LogP contribution in [0.1, 0.15) is 30.8 Å². The van der Waals surface area contributed by atoms with Crippen LogP contribution in [0.15, 0.2) is 47.5 Å². The van der Waals surface area contributed by atoms with Crippen LogP contribution in [-0.2, 0) is 11.8 Å². The summed E-state index contributed by atoms with van der Waals surface area (Å²) in [6, 6.07) is 6.78. The van der Waals surface area contributed by atoms with Gasteiger partial charge in [0.1, 0.15) is 5.82 Å². The number of hydrogen-bond acceptors (Lipinski definition) is 6. The van der Waals surface area contributed by atoms with E-state index in [0.29, 0.717) is 23.8 Å². The fraction of sp³-hybridized carbons (Fsp3) is 0.286. The van der Waals surface area contributed by atoms with E-state index in [9.17, 15) is 10.0 Å². The van der Waals surface area contributed by atoms with Crippen LogP contribution in [0, 0.1) is 0 Å². The fourth-order valence-electron chi connectivity index (χ4n) is 3.49. The Morgan fingerprint density at radius 1 is 1.28 bits per heavy atom. The summed E-state index contributed by atoms with van der Waals surface area (Å²) in [4.78, 5) is 21.4. The summed E-state index contributed by atoms with van der Waals surface area (Å²) >= 11 is 0. The molecule has 0 radical (unpaired) electrons. The second kappa shape index (κ2) is 8.12. The average molecular weight is 394 g/mol. The van der Waals surface area contributed by atoms with Gasteiger partial charge >= 0.3 is 0 Å². The topological polar surface area (TPSA) is 106 Å². The molecule has 0 aliphatic carbocycles. The predicted octanol–water partition coefficient (Wildman–Crippen LogP) is 1.89. The Morgan fingerprint density at radius 2 is 2.07 bits per heavy atom. The third-order valence-corrected chi connectivity index (χ3v) is 5.18. The minimum absolute atomic E-state index is 0.115. The minimum Gasteiger partial charge on any atom is -0.377 e. The van der Waals surface area contributed by atoms with E-state index in [0.717, 1.165) is 35.0 Å². The molecular weight excluding hydrogens is 370 g/mol. The zero-order valence-corrected chi connectivity index (χ0v) is 16.4. The first-order valence-corrected chi connectivity index (χ1v) is 9.53. The molecule has 0 bridgehead atoms. The molecule has 4 rings (SSSR count). The van der Waals surface area contributed by atoms with Crippen molar-refractivity contribution in [3.8, 4) is 0 Å². The van der Waals surface area contributed by atoms with Crippen LogP contribution in [0.4, 0.5) is 11.4 Å². The van der Waals surface area contributed by atoms with Crippen molar-refractivity contribution in [3.63, 3.8) is 0 Å². The van der Waals surface area contributed by atoms with Gasteiger partial charge in [0.15, 0.2) is 5.69 Å². The number of rotatable bonds is 5. The van der Waals surface area contributed by atoms with Gasteiger partial charge in [0.2, 0.25) is 0 Å². The maximum Gasteiger partial charge on any atom is 0.252 e. The molecule has 0 fully saturated rings. The number of pyridine rings is 1. The van der Waals surface area contributed by atoms with E-state index in [2.05, 4.69) is 21.4 Å².